The number of hydrogen-bond acceptors (Lipinski definition) is 8. The van der Waals surface area contributed by atoms with Gasteiger partial charge in [-0.3, -0.25) is 9.97 Å². The molecule has 33 heavy (non-hydrogen) atoms. The molecule has 1 unspecified atom stereocenters. The van der Waals surface area contributed by atoms with Crippen LogP contribution in [-0.2, 0) is 0 Å². The second-order valence-electron chi connectivity index (χ2n) is 7.52. The van der Waals surface area contributed by atoms with Gasteiger partial charge in [-0.05, 0) is 57.4 Å². The third-order valence-corrected chi connectivity index (χ3v) is 5.55. The number of aliphatic hydroxyl groups excluding tert-OH is 2. The smallest absolute Gasteiger partial charge is 0.182 e. The number of hydrogen-bond donors (Lipinski definition) is 2. The van der Waals surface area contributed by atoms with Crippen molar-refractivity contribution < 1.29 is 10.2 Å². The van der Waals surface area contributed by atoms with Gasteiger partial charge in [-0.2, -0.15) is 5.10 Å². The number of aliphatic hydroxyl groups is 2. The first-order valence-electron chi connectivity index (χ1n) is 10.7. The van der Waals surface area contributed by atoms with Crippen LogP contribution in [0.2, 0.25) is 0 Å². The predicted octanol–water partition coefficient (Wildman–Crippen LogP) is 2.84. The first-order chi connectivity index (χ1) is 16.0. The van der Waals surface area contributed by atoms with Crippen molar-refractivity contribution in [2.45, 2.75) is 33.8 Å². The molecule has 0 saturated heterocycles. The summed E-state index contributed by atoms with van der Waals surface area (Å²) in [5.41, 5.74) is 5.41. The number of aliphatic imine (C=N–C) groups is 1. The Kier molecular flexibility index (Phi) is 6.20. The second-order valence-corrected chi connectivity index (χ2v) is 7.52. The highest BCUT2D eigenvalue weighted by Gasteiger charge is 2.32. The lowest BCUT2D eigenvalue weighted by Crippen LogP contribution is -2.26. The average molecular weight is 444 g/mol. The van der Waals surface area contributed by atoms with Crippen LogP contribution in [0.25, 0.3) is 11.4 Å². The Morgan fingerprint density at radius 3 is 2.61 bits per heavy atom. The van der Waals surface area contributed by atoms with Gasteiger partial charge in [0.15, 0.2) is 11.9 Å². The Morgan fingerprint density at radius 2 is 1.97 bits per heavy atom. The summed E-state index contributed by atoms with van der Waals surface area (Å²) in [6.45, 7) is 9.91. The molecule has 1 aliphatic rings. The lowest BCUT2D eigenvalue weighted by atomic mass is 10.1. The van der Waals surface area contributed by atoms with Crippen molar-refractivity contribution >= 4 is 22.8 Å². The molecule has 0 amide bonds. The molecule has 1 aliphatic heterocycles. The highest BCUT2D eigenvalue weighted by molar-refractivity contribution is 6.51. The molecular formula is C24H25N7O2. The largest absolute Gasteiger partial charge is 0.462 e. The van der Waals surface area contributed by atoms with Gasteiger partial charge in [0.25, 0.3) is 0 Å². The van der Waals surface area contributed by atoms with E-state index in [-0.39, 0.29) is 5.71 Å². The molecule has 0 bridgehead atoms. The summed E-state index contributed by atoms with van der Waals surface area (Å²) < 4.78 is 1.61. The summed E-state index contributed by atoms with van der Waals surface area (Å²) in [7, 11) is 0. The van der Waals surface area contributed by atoms with Crippen LogP contribution in [0.15, 0.2) is 46.9 Å². The van der Waals surface area contributed by atoms with Gasteiger partial charge in [0.05, 0.1) is 17.6 Å². The fraction of sp³-hybridized carbons (Fsp3) is 0.292. The van der Waals surface area contributed by atoms with E-state index < -0.39 is 6.10 Å². The van der Waals surface area contributed by atoms with Crippen LogP contribution in [0.4, 0.5) is 11.4 Å². The fourth-order valence-electron chi connectivity index (χ4n) is 3.79. The summed E-state index contributed by atoms with van der Waals surface area (Å²) in [5.74, 6) is 2.79. The third kappa shape index (κ3) is 4.08. The van der Waals surface area contributed by atoms with Gasteiger partial charge < -0.3 is 15.1 Å². The number of imidazole rings is 1. The minimum atomic E-state index is -1.31. The molecule has 0 spiro atoms. The van der Waals surface area contributed by atoms with Crippen molar-refractivity contribution in [3.63, 3.8) is 0 Å². The molecule has 1 atom stereocenters. The van der Waals surface area contributed by atoms with E-state index in [1.165, 1.54) is 0 Å². The number of nitrogens with zero attached hydrogens (tertiary/aromatic N) is 7. The summed E-state index contributed by atoms with van der Waals surface area (Å²) in [6, 6.07) is 6.06. The maximum Gasteiger partial charge on any atom is 0.182 e. The molecule has 2 aromatic heterocycles. The van der Waals surface area contributed by atoms with Gasteiger partial charge in [0, 0.05) is 31.2 Å². The van der Waals surface area contributed by atoms with Crippen LogP contribution in [-0.4, -0.2) is 60.5 Å². The Bertz CT molecular complexity index is 1300. The Hall–Kier alpha value is -4.03. The van der Waals surface area contributed by atoms with Crippen LogP contribution in [0.1, 0.15) is 30.9 Å². The normalized spacial score (nSPS) is 14.5. The summed E-state index contributed by atoms with van der Waals surface area (Å²) in [5, 5.41) is 24.0. The van der Waals surface area contributed by atoms with Gasteiger partial charge >= 0.3 is 0 Å². The van der Waals surface area contributed by atoms with Gasteiger partial charge in [0.1, 0.15) is 28.9 Å². The molecule has 0 saturated carbocycles. The molecule has 0 fully saturated rings. The Labute approximate surface area is 192 Å². The van der Waals surface area contributed by atoms with E-state index in [0.717, 1.165) is 35.7 Å². The molecule has 1 aromatic carbocycles. The fourth-order valence-corrected chi connectivity index (χ4v) is 3.79. The number of benzene rings is 1. The van der Waals surface area contributed by atoms with Crippen molar-refractivity contribution in [2.24, 2.45) is 10.1 Å². The number of anilines is 1. The summed E-state index contributed by atoms with van der Waals surface area (Å²) in [4.78, 5) is 20.3. The van der Waals surface area contributed by atoms with Gasteiger partial charge in [-0.25, -0.2) is 14.7 Å². The lowest BCUT2D eigenvalue weighted by molar-refractivity contribution is 0.298. The molecule has 168 valence electrons. The molecule has 0 radical (unpaired) electrons. The molecule has 3 heterocycles. The van der Waals surface area contributed by atoms with Crippen molar-refractivity contribution in [3.05, 3.63) is 53.9 Å². The first-order valence-corrected chi connectivity index (χ1v) is 10.7. The minimum absolute atomic E-state index is 0.222. The van der Waals surface area contributed by atoms with Crippen LogP contribution in [0.5, 0.6) is 0 Å². The summed E-state index contributed by atoms with van der Waals surface area (Å²) >= 11 is 0. The Balaban J connectivity index is 1.84. The number of rotatable bonds is 6. The number of aromatic nitrogens is 4. The van der Waals surface area contributed by atoms with E-state index in [2.05, 4.69) is 45.8 Å². The summed E-state index contributed by atoms with van der Waals surface area (Å²) in [6.07, 6.45) is 5.27. The van der Waals surface area contributed by atoms with Gasteiger partial charge in [-0.15, -0.1) is 0 Å². The van der Waals surface area contributed by atoms with Crippen molar-refractivity contribution in [2.75, 3.05) is 18.0 Å². The van der Waals surface area contributed by atoms with Crippen molar-refractivity contribution in [1.29, 1.82) is 0 Å². The van der Waals surface area contributed by atoms with E-state index in [9.17, 15) is 5.11 Å². The third-order valence-electron chi connectivity index (χ3n) is 5.55. The molecule has 9 nitrogen and oxygen atoms in total. The maximum absolute atomic E-state index is 10.5. The maximum atomic E-state index is 10.5. The predicted molar refractivity (Wildman–Crippen MR) is 127 cm³/mol. The van der Waals surface area contributed by atoms with Gasteiger partial charge in [-0.1, -0.05) is 0 Å². The highest BCUT2D eigenvalue weighted by atomic mass is 16.3. The quantitative estimate of drug-likeness (QED) is 0.567. The molecular weight excluding hydrogens is 418 g/mol. The van der Waals surface area contributed by atoms with E-state index >= 15 is 0 Å². The molecule has 0 aliphatic carbocycles. The zero-order valence-electron chi connectivity index (χ0n) is 19.0. The minimum Gasteiger partial charge on any atom is -0.462 e. The van der Waals surface area contributed by atoms with Crippen molar-refractivity contribution in [3.8, 4) is 23.4 Å². The van der Waals surface area contributed by atoms with Crippen molar-refractivity contribution in [1.82, 2.24) is 19.6 Å². The van der Waals surface area contributed by atoms with E-state index in [1.54, 1.807) is 29.4 Å². The van der Waals surface area contributed by atoms with Crippen LogP contribution >= 0.6 is 0 Å². The van der Waals surface area contributed by atoms with Crippen LogP contribution in [0, 0.1) is 25.9 Å². The van der Waals surface area contributed by atoms with Gasteiger partial charge in [0.2, 0.25) is 0 Å². The molecule has 2 N–H and O–H groups in total. The number of fused-ring (bicyclic) bond motifs is 1. The standard InChI is InChI=1S/C24H25N7O2/c1-5-30(6-2)17-7-8-18(15(3)13-17)27-23-22(20(33)9-12-32)29-31-16(4)21(28-24(23)31)19-14-25-10-11-26-19/h7-8,10-11,13-14,20,32-33H,5-6H2,1-4H3. The number of aryl methyl sites for hydroxylation is 1. The topological polar surface area (TPSA) is 112 Å². The molecule has 4 rings (SSSR count). The average Bonchev–Trinajstić information content (AvgIpc) is 3.34. The highest BCUT2D eigenvalue weighted by Crippen LogP contribution is 2.29. The molecule has 9 heteroatoms. The zero-order chi connectivity index (χ0) is 23.5. The van der Waals surface area contributed by atoms with Crippen LogP contribution in [0.3, 0.4) is 0 Å². The van der Waals surface area contributed by atoms with Crippen LogP contribution < -0.4 is 4.90 Å². The molecule has 3 aromatic rings. The monoisotopic (exact) mass is 443 g/mol. The van der Waals surface area contributed by atoms with E-state index in [0.29, 0.717) is 22.9 Å². The zero-order valence-corrected chi connectivity index (χ0v) is 19.0. The first kappa shape index (κ1) is 22.2. The lowest BCUT2D eigenvalue weighted by Gasteiger charge is -2.21. The van der Waals surface area contributed by atoms with E-state index in [1.807, 2.05) is 26.0 Å². The van der Waals surface area contributed by atoms with E-state index in [4.69, 9.17) is 15.1 Å². The SMILES string of the molecule is CCN(CC)c1ccc(N=C2C(C(O)C#CO)=Nn3c2nc(-c2cnccn2)c3C)c(C)c1. The Morgan fingerprint density at radius 1 is 1.18 bits per heavy atom. The second kappa shape index (κ2) is 9.22.